The van der Waals surface area contributed by atoms with E-state index in [1.165, 1.54) is 6.92 Å². The van der Waals surface area contributed by atoms with Gasteiger partial charge in [0.1, 0.15) is 0 Å². The molecule has 3 atom stereocenters. The zero-order chi connectivity index (χ0) is 12.6. The summed E-state index contributed by atoms with van der Waals surface area (Å²) in [6.45, 7) is -3.73. The fourth-order valence-corrected chi connectivity index (χ4v) is 0.911. The summed E-state index contributed by atoms with van der Waals surface area (Å²) in [5, 5.41) is 0. The Hall–Kier alpha value is -0.0800. The molecule has 2 rings (SSSR count). The SMILES string of the molecule is [2H]C1([2H])O[C@@H]2OC([2H])([2H])[C@]([2H])(C)[C@@H]2C1([2H])[2H]. The van der Waals surface area contributed by atoms with E-state index < -0.39 is 37.6 Å². The quantitative estimate of drug-likeness (QED) is 0.493. The highest BCUT2D eigenvalue weighted by atomic mass is 16.7. The molecule has 0 bridgehead atoms. The van der Waals surface area contributed by atoms with Gasteiger partial charge in [-0.15, -0.1) is 0 Å². The van der Waals surface area contributed by atoms with E-state index in [1.54, 1.807) is 0 Å². The highest BCUT2D eigenvalue weighted by Gasteiger charge is 2.38. The van der Waals surface area contributed by atoms with E-state index in [9.17, 15) is 0 Å². The third-order valence-electron chi connectivity index (χ3n) is 1.46. The van der Waals surface area contributed by atoms with E-state index >= 15 is 0 Å². The normalized spacial score (nSPS) is 86.1. The molecule has 2 saturated heterocycles. The minimum Gasteiger partial charge on any atom is -0.352 e. The van der Waals surface area contributed by atoms with Crippen LogP contribution in [0.4, 0.5) is 0 Å². The molecule has 0 aromatic carbocycles. The fourth-order valence-electron chi connectivity index (χ4n) is 0.911. The van der Waals surface area contributed by atoms with Crippen LogP contribution in [0.5, 0.6) is 0 Å². The van der Waals surface area contributed by atoms with Crippen molar-refractivity contribution in [2.75, 3.05) is 13.1 Å². The summed E-state index contributed by atoms with van der Waals surface area (Å²) in [6.07, 6.45) is -3.82. The van der Waals surface area contributed by atoms with Crippen molar-refractivity contribution < 1.29 is 19.1 Å². The smallest absolute Gasteiger partial charge is 0.160 e. The molecule has 9 heavy (non-hydrogen) atoms. The zero-order valence-electron chi connectivity index (χ0n) is 12.0. The molecule has 0 saturated carbocycles. The minimum atomic E-state index is -2.57. The van der Waals surface area contributed by atoms with Gasteiger partial charge in [-0.25, -0.2) is 0 Å². The summed E-state index contributed by atoms with van der Waals surface area (Å²) in [7, 11) is 0. The van der Waals surface area contributed by atoms with Crippen LogP contribution in [0.15, 0.2) is 0 Å². The zero-order valence-corrected chi connectivity index (χ0v) is 4.97. The molecule has 0 radical (unpaired) electrons. The molecule has 0 aliphatic carbocycles. The Morgan fingerprint density at radius 3 is 3.33 bits per heavy atom. The van der Waals surface area contributed by atoms with Crippen LogP contribution in [-0.4, -0.2) is 19.4 Å². The number of fused-ring (bicyclic) bond motifs is 1. The molecule has 0 amide bonds. The maximum atomic E-state index is 7.86. The largest absolute Gasteiger partial charge is 0.352 e. The first-order chi connectivity index (χ1) is 6.93. The summed E-state index contributed by atoms with van der Waals surface area (Å²) in [5.74, 6) is -3.20. The van der Waals surface area contributed by atoms with Crippen molar-refractivity contribution in [1.29, 1.82) is 0 Å². The molecule has 2 aliphatic rings. The van der Waals surface area contributed by atoms with Crippen molar-refractivity contribution in [3.8, 4) is 0 Å². The van der Waals surface area contributed by atoms with Gasteiger partial charge >= 0.3 is 0 Å². The Bertz CT molecular complexity index is 297. The molecule has 0 N–H and O–H groups in total. The van der Waals surface area contributed by atoms with E-state index in [0.29, 0.717) is 0 Å². The van der Waals surface area contributed by atoms with Gasteiger partial charge in [-0.2, -0.15) is 0 Å². The van der Waals surface area contributed by atoms with Crippen LogP contribution in [0.1, 0.15) is 22.9 Å². The molecule has 0 aromatic heterocycles. The van der Waals surface area contributed by atoms with Gasteiger partial charge in [0.05, 0.1) is 18.6 Å². The third-order valence-corrected chi connectivity index (χ3v) is 1.46. The van der Waals surface area contributed by atoms with Crippen LogP contribution in [0, 0.1) is 11.8 Å². The number of rotatable bonds is 0. The van der Waals surface area contributed by atoms with Crippen LogP contribution in [0.2, 0.25) is 0 Å². The van der Waals surface area contributed by atoms with Crippen molar-refractivity contribution in [2.24, 2.45) is 11.8 Å². The van der Waals surface area contributed by atoms with Crippen molar-refractivity contribution in [1.82, 2.24) is 0 Å². The van der Waals surface area contributed by atoms with E-state index in [0.717, 1.165) is 0 Å². The van der Waals surface area contributed by atoms with Crippen LogP contribution < -0.4 is 0 Å². The second-order valence-electron chi connectivity index (χ2n) is 2.11. The molecule has 0 aromatic rings. The van der Waals surface area contributed by atoms with E-state index in [1.807, 2.05) is 0 Å². The van der Waals surface area contributed by atoms with Gasteiger partial charge in [0.15, 0.2) is 6.29 Å². The lowest BCUT2D eigenvalue weighted by molar-refractivity contribution is -0.0905. The van der Waals surface area contributed by atoms with Crippen LogP contribution in [0.3, 0.4) is 0 Å². The Morgan fingerprint density at radius 2 is 2.56 bits per heavy atom. The molecule has 2 heterocycles. The molecule has 0 unspecified atom stereocenters. The number of hydrogen-bond donors (Lipinski definition) is 0. The monoisotopic (exact) mass is 135 g/mol. The van der Waals surface area contributed by atoms with Crippen molar-refractivity contribution in [2.45, 2.75) is 19.6 Å². The topological polar surface area (TPSA) is 18.5 Å². The standard InChI is InChI=1S/C7H12O2/c1-5-4-9-7-6(5)2-3-8-7/h5-7H,2-4H2,1H3/t5-,6-,7+/m0/s1/i2D2,3D2,4D2,5D. The molecule has 2 fully saturated rings. The first-order valence-electron chi connectivity index (χ1n) is 6.29. The third kappa shape index (κ3) is 0.775. The molecule has 2 heteroatoms. The summed E-state index contributed by atoms with van der Waals surface area (Å²) < 4.78 is 62.4. The predicted octanol–water partition coefficient (Wildman–Crippen LogP) is 1.02. The van der Waals surface area contributed by atoms with Gasteiger partial charge in [0, 0.05) is 10.0 Å². The van der Waals surface area contributed by atoms with Gasteiger partial charge in [0.25, 0.3) is 0 Å². The van der Waals surface area contributed by atoms with E-state index in [2.05, 4.69) is 0 Å². The number of hydrogen-bond acceptors (Lipinski definition) is 2. The van der Waals surface area contributed by atoms with Crippen molar-refractivity contribution in [3.63, 3.8) is 0 Å². The van der Waals surface area contributed by atoms with Crippen LogP contribution in [0.25, 0.3) is 0 Å². The van der Waals surface area contributed by atoms with Crippen molar-refractivity contribution in [3.05, 3.63) is 0 Å². The van der Waals surface area contributed by atoms with Gasteiger partial charge < -0.3 is 9.47 Å². The summed E-state index contributed by atoms with van der Waals surface area (Å²) >= 11 is 0. The minimum absolute atomic E-state index is 1.19. The van der Waals surface area contributed by atoms with Gasteiger partial charge in [-0.3, -0.25) is 0 Å². The van der Waals surface area contributed by atoms with Gasteiger partial charge in [0.2, 0.25) is 0 Å². The molecular formula is C7H12O2. The molecule has 2 aliphatic heterocycles. The average molecular weight is 135 g/mol. The maximum Gasteiger partial charge on any atom is 0.160 e. The highest BCUT2D eigenvalue weighted by Crippen LogP contribution is 2.34. The fraction of sp³-hybridized carbons (Fsp3) is 1.00. The van der Waals surface area contributed by atoms with Crippen molar-refractivity contribution >= 4 is 0 Å². The second kappa shape index (κ2) is 1.96. The molecule has 2 nitrogen and oxygen atoms in total. The Morgan fingerprint density at radius 1 is 1.67 bits per heavy atom. The van der Waals surface area contributed by atoms with Crippen LogP contribution >= 0.6 is 0 Å². The first kappa shape index (κ1) is 1.95. The molecular weight excluding hydrogens is 116 g/mol. The lowest BCUT2D eigenvalue weighted by atomic mass is 9.96. The Balaban J connectivity index is 2.46. The lowest BCUT2D eigenvalue weighted by Gasteiger charge is -2.07. The molecule has 0 spiro atoms. The maximum absolute atomic E-state index is 7.86. The Kier molecular flexibility index (Phi) is 0.425. The Labute approximate surface area is 65.0 Å². The second-order valence-corrected chi connectivity index (χ2v) is 2.11. The first-order valence-corrected chi connectivity index (χ1v) is 2.79. The summed E-state index contributed by atoms with van der Waals surface area (Å²) in [5.41, 5.74) is 0. The highest BCUT2D eigenvalue weighted by molar-refractivity contribution is 4.79. The molecule has 52 valence electrons. The van der Waals surface area contributed by atoms with Crippen LogP contribution in [-0.2, 0) is 9.47 Å². The summed E-state index contributed by atoms with van der Waals surface area (Å²) in [6, 6.07) is 0. The van der Waals surface area contributed by atoms with Gasteiger partial charge in [-0.05, 0) is 12.3 Å². The lowest BCUT2D eigenvalue weighted by Crippen LogP contribution is -2.12. The summed E-state index contributed by atoms with van der Waals surface area (Å²) in [4.78, 5) is 0. The van der Waals surface area contributed by atoms with E-state index in [4.69, 9.17) is 19.1 Å². The predicted molar refractivity (Wildman–Crippen MR) is 33.0 cm³/mol. The number of ether oxygens (including phenoxy) is 2. The van der Waals surface area contributed by atoms with E-state index in [-0.39, 0.29) is 0 Å². The van der Waals surface area contributed by atoms with Gasteiger partial charge in [-0.1, -0.05) is 6.92 Å². The average Bonchev–Trinajstić information content (AvgIpc) is 2.24.